The molecule has 2 N–H and O–H groups in total. The first-order valence-electron chi connectivity index (χ1n) is 9.80. The lowest BCUT2D eigenvalue weighted by Crippen LogP contribution is -2.56. The fraction of sp³-hybridized carbons (Fsp3) is 0.826. The Labute approximate surface area is 157 Å². The summed E-state index contributed by atoms with van der Waals surface area (Å²) in [5.41, 5.74) is 0.692. The van der Waals surface area contributed by atoms with Crippen molar-refractivity contribution in [2.45, 2.75) is 102 Å². The van der Waals surface area contributed by atoms with Gasteiger partial charge in [0, 0.05) is 5.41 Å². The maximum Gasteiger partial charge on any atom is 0.115 e. The van der Waals surface area contributed by atoms with E-state index in [1.807, 2.05) is 13.0 Å². The van der Waals surface area contributed by atoms with Crippen LogP contribution in [0.15, 0.2) is 23.0 Å². The summed E-state index contributed by atoms with van der Waals surface area (Å²) < 4.78 is 0. The Morgan fingerprint density at radius 2 is 1.24 bits per heavy atom. The number of rotatable bonds is 1. The van der Waals surface area contributed by atoms with Crippen LogP contribution >= 0.6 is 0 Å². The summed E-state index contributed by atoms with van der Waals surface area (Å²) in [6, 6.07) is 0. The first kappa shape index (κ1) is 24.2. The van der Waals surface area contributed by atoms with Crippen molar-refractivity contribution >= 4 is 0 Å². The van der Waals surface area contributed by atoms with E-state index in [9.17, 15) is 10.2 Å². The molecule has 2 heteroatoms. The molecule has 0 saturated heterocycles. The van der Waals surface area contributed by atoms with E-state index in [0.717, 1.165) is 11.1 Å². The van der Waals surface area contributed by atoms with Crippen LogP contribution in [0, 0.1) is 21.7 Å². The number of unbranched alkanes of at least 4 members (excludes halogenated alkanes) is 1. The normalized spacial score (nSPS) is 21.5. The third-order valence-electron chi connectivity index (χ3n) is 5.65. The molecule has 1 aliphatic rings. The van der Waals surface area contributed by atoms with E-state index in [1.54, 1.807) is 0 Å². The predicted octanol–water partition coefficient (Wildman–Crippen LogP) is 7.05. The minimum atomic E-state index is -0.603. The second-order valence-corrected chi connectivity index (χ2v) is 10.6. The minimum Gasteiger partial charge on any atom is -0.508 e. The van der Waals surface area contributed by atoms with E-state index in [2.05, 4.69) is 76.2 Å². The van der Waals surface area contributed by atoms with E-state index in [-0.39, 0.29) is 16.2 Å². The van der Waals surface area contributed by atoms with Crippen molar-refractivity contribution in [3.05, 3.63) is 23.0 Å². The van der Waals surface area contributed by atoms with Crippen molar-refractivity contribution in [3.63, 3.8) is 0 Å². The standard InChI is InChI=1S/C19H34O2.C4H10/c1-12-13(20)11-19(17(5,6)7,18(8,9)10)15(21)14(12)16(2,3)4;1-3-4-2/h11,15,20-21H,1-10H3;3-4H2,1-2H3. The van der Waals surface area contributed by atoms with Crippen molar-refractivity contribution in [2.24, 2.45) is 21.7 Å². The Hall–Kier alpha value is -0.760. The lowest BCUT2D eigenvalue weighted by molar-refractivity contribution is -0.0850. The van der Waals surface area contributed by atoms with Crippen molar-refractivity contribution in [1.82, 2.24) is 0 Å². The molecule has 1 atom stereocenters. The summed E-state index contributed by atoms with van der Waals surface area (Å²) in [5.74, 6) is 0.315. The van der Waals surface area contributed by atoms with Crippen LogP contribution in [0.1, 0.15) is 95.9 Å². The predicted molar refractivity (Wildman–Crippen MR) is 111 cm³/mol. The first-order chi connectivity index (χ1) is 11.0. The molecule has 0 saturated carbocycles. The Balaban J connectivity index is 0.00000129. The van der Waals surface area contributed by atoms with Crippen LogP contribution in [-0.2, 0) is 0 Å². The largest absolute Gasteiger partial charge is 0.508 e. The van der Waals surface area contributed by atoms with Gasteiger partial charge >= 0.3 is 0 Å². The highest BCUT2D eigenvalue weighted by Crippen LogP contribution is 2.60. The SMILES string of the molecule is CC1=C(C(C)(C)C)C(O)C(C(C)(C)C)(C(C)(C)C)C=C1O.CCCC. The molecule has 0 aromatic heterocycles. The van der Waals surface area contributed by atoms with Gasteiger partial charge in [0.1, 0.15) is 5.76 Å². The fourth-order valence-corrected chi connectivity index (χ4v) is 4.32. The van der Waals surface area contributed by atoms with Gasteiger partial charge in [0.25, 0.3) is 0 Å². The third kappa shape index (κ3) is 4.70. The van der Waals surface area contributed by atoms with Crippen molar-refractivity contribution < 1.29 is 10.2 Å². The summed E-state index contributed by atoms with van der Waals surface area (Å²) in [5, 5.41) is 21.9. The molecule has 1 aliphatic carbocycles. The Kier molecular flexibility index (Phi) is 7.62. The molecule has 2 nitrogen and oxygen atoms in total. The van der Waals surface area contributed by atoms with Crippen LogP contribution in [0.2, 0.25) is 0 Å². The molecule has 0 amide bonds. The molecular weight excluding hydrogens is 308 g/mol. The lowest BCUT2D eigenvalue weighted by Gasteiger charge is -2.58. The molecule has 0 aromatic carbocycles. The van der Waals surface area contributed by atoms with Crippen molar-refractivity contribution in [2.75, 3.05) is 0 Å². The monoisotopic (exact) mass is 352 g/mol. The van der Waals surface area contributed by atoms with Gasteiger partial charge < -0.3 is 10.2 Å². The molecule has 0 aromatic rings. The molecule has 0 aliphatic heterocycles. The molecule has 25 heavy (non-hydrogen) atoms. The van der Waals surface area contributed by atoms with E-state index >= 15 is 0 Å². The van der Waals surface area contributed by atoms with Crippen LogP contribution in [0.3, 0.4) is 0 Å². The second-order valence-electron chi connectivity index (χ2n) is 10.6. The molecule has 148 valence electrons. The maximum absolute atomic E-state index is 11.4. The van der Waals surface area contributed by atoms with Gasteiger partial charge in [-0.15, -0.1) is 0 Å². The van der Waals surface area contributed by atoms with Gasteiger partial charge in [-0.1, -0.05) is 89.0 Å². The van der Waals surface area contributed by atoms with Crippen LogP contribution < -0.4 is 0 Å². The molecule has 0 heterocycles. The zero-order chi connectivity index (χ0) is 20.4. The smallest absolute Gasteiger partial charge is 0.115 e. The maximum atomic E-state index is 11.4. The quantitative estimate of drug-likeness (QED) is 0.530. The summed E-state index contributed by atoms with van der Waals surface area (Å²) in [6.45, 7) is 25.4. The van der Waals surface area contributed by atoms with Crippen LogP contribution in [0.4, 0.5) is 0 Å². The van der Waals surface area contributed by atoms with Gasteiger partial charge in [-0.25, -0.2) is 0 Å². The summed E-state index contributed by atoms with van der Waals surface area (Å²) in [4.78, 5) is 0. The highest BCUT2D eigenvalue weighted by Gasteiger charge is 2.58. The molecule has 1 unspecified atom stereocenters. The zero-order valence-corrected chi connectivity index (χ0v) is 19.0. The number of hydrogen-bond donors (Lipinski definition) is 2. The van der Waals surface area contributed by atoms with E-state index < -0.39 is 11.5 Å². The molecular formula is C23H44O2. The average Bonchev–Trinajstić information content (AvgIpc) is 2.39. The summed E-state index contributed by atoms with van der Waals surface area (Å²) in [7, 11) is 0. The summed E-state index contributed by atoms with van der Waals surface area (Å²) >= 11 is 0. The zero-order valence-electron chi connectivity index (χ0n) is 19.0. The van der Waals surface area contributed by atoms with Gasteiger partial charge in [-0.2, -0.15) is 0 Å². The van der Waals surface area contributed by atoms with E-state index in [0.29, 0.717) is 5.76 Å². The molecule has 0 fully saturated rings. The van der Waals surface area contributed by atoms with Gasteiger partial charge in [-0.05, 0) is 40.4 Å². The van der Waals surface area contributed by atoms with Crippen molar-refractivity contribution in [1.29, 1.82) is 0 Å². The molecule has 0 bridgehead atoms. The summed E-state index contributed by atoms with van der Waals surface area (Å²) in [6.07, 6.45) is 3.94. The van der Waals surface area contributed by atoms with Gasteiger partial charge in [-0.3, -0.25) is 0 Å². The number of aliphatic hydroxyl groups excluding tert-OH is 2. The molecule has 1 rings (SSSR count). The number of allylic oxidation sites excluding steroid dienone is 1. The van der Waals surface area contributed by atoms with E-state index in [4.69, 9.17) is 0 Å². The molecule has 0 spiro atoms. The van der Waals surface area contributed by atoms with E-state index in [1.165, 1.54) is 12.8 Å². The lowest BCUT2D eigenvalue weighted by atomic mass is 9.47. The average molecular weight is 353 g/mol. The first-order valence-corrected chi connectivity index (χ1v) is 9.80. The number of hydrogen-bond acceptors (Lipinski definition) is 2. The highest BCUT2D eigenvalue weighted by atomic mass is 16.3. The molecule has 0 radical (unpaired) electrons. The number of aliphatic hydroxyl groups is 2. The Morgan fingerprint density at radius 1 is 0.880 bits per heavy atom. The van der Waals surface area contributed by atoms with Crippen molar-refractivity contribution in [3.8, 4) is 0 Å². The fourth-order valence-electron chi connectivity index (χ4n) is 4.32. The van der Waals surface area contributed by atoms with Gasteiger partial charge in [0.15, 0.2) is 0 Å². The minimum absolute atomic E-state index is 0.185. The second kappa shape index (κ2) is 7.86. The third-order valence-corrected chi connectivity index (χ3v) is 5.65. The Bertz CT molecular complexity index is 486. The Morgan fingerprint density at radius 3 is 1.48 bits per heavy atom. The highest BCUT2D eigenvalue weighted by molar-refractivity contribution is 5.44. The van der Waals surface area contributed by atoms with Crippen LogP contribution in [0.25, 0.3) is 0 Å². The van der Waals surface area contributed by atoms with Crippen LogP contribution in [0.5, 0.6) is 0 Å². The van der Waals surface area contributed by atoms with Gasteiger partial charge in [0.2, 0.25) is 0 Å². The van der Waals surface area contributed by atoms with Gasteiger partial charge in [0.05, 0.1) is 6.10 Å². The topological polar surface area (TPSA) is 40.5 Å². The van der Waals surface area contributed by atoms with Crippen LogP contribution in [-0.4, -0.2) is 16.3 Å².